The maximum absolute atomic E-state index is 12.4. The van der Waals surface area contributed by atoms with Gasteiger partial charge in [-0.1, -0.05) is 29.8 Å². The Morgan fingerprint density at radius 1 is 1.14 bits per heavy atom. The normalized spacial score (nSPS) is 11.8. The second kappa shape index (κ2) is 8.10. The van der Waals surface area contributed by atoms with Crippen LogP contribution in [0.1, 0.15) is 6.92 Å². The summed E-state index contributed by atoms with van der Waals surface area (Å²) in [5.74, 6) is -1.41. The number of hydrogen-bond donors (Lipinski definition) is 2. The molecular formula is C19H16ClN3O5. The van der Waals surface area contributed by atoms with Gasteiger partial charge in [0, 0.05) is 10.7 Å². The summed E-state index contributed by atoms with van der Waals surface area (Å²) < 4.78 is 5.92. The van der Waals surface area contributed by atoms with E-state index >= 15 is 0 Å². The fourth-order valence-corrected chi connectivity index (χ4v) is 2.78. The van der Waals surface area contributed by atoms with Crippen LogP contribution in [0.2, 0.25) is 5.02 Å². The van der Waals surface area contributed by atoms with Gasteiger partial charge in [0.1, 0.15) is 6.54 Å². The van der Waals surface area contributed by atoms with Gasteiger partial charge in [0.25, 0.3) is 17.0 Å². The number of halogens is 1. The van der Waals surface area contributed by atoms with E-state index in [0.717, 1.165) is 4.68 Å². The molecule has 2 aromatic carbocycles. The van der Waals surface area contributed by atoms with Crippen LogP contribution in [0, 0.1) is 0 Å². The van der Waals surface area contributed by atoms with E-state index in [4.69, 9.17) is 16.3 Å². The molecule has 2 N–H and O–H groups in total. The van der Waals surface area contributed by atoms with Gasteiger partial charge in [0.05, 0.1) is 10.8 Å². The largest absolute Gasteiger partial charge is 0.451 e. The summed E-state index contributed by atoms with van der Waals surface area (Å²) in [6.07, 6.45) is -1.12. The number of aromatic nitrogens is 2. The molecule has 8 nitrogen and oxygen atoms in total. The molecule has 0 aliphatic rings. The number of rotatable bonds is 5. The minimum Gasteiger partial charge on any atom is -0.451 e. The average molecular weight is 402 g/mol. The highest BCUT2D eigenvalue weighted by molar-refractivity contribution is 6.30. The van der Waals surface area contributed by atoms with Crippen LogP contribution in [0.3, 0.4) is 0 Å². The second-order valence-electron chi connectivity index (χ2n) is 6.01. The number of ether oxygens (including phenoxy) is 1. The fraction of sp³-hybridized carbons (Fsp3) is 0.158. The molecular weight excluding hydrogens is 386 g/mol. The summed E-state index contributed by atoms with van der Waals surface area (Å²) in [5.41, 5.74) is -0.589. The molecule has 3 aromatic rings. The molecule has 1 amide bonds. The lowest BCUT2D eigenvalue weighted by Gasteiger charge is -2.14. The zero-order valence-electron chi connectivity index (χ0n) is 14.8. The first-order valence-corrected chi connectivity index (χ1v) is 8.71. The van der Waals surface area contributed by atoms with Crippen molar-refractivity contribution < 1.29 is 14.3 Å². The summed E-state index contributed by atoms with van der Waals surface area (Å²) in [4.78, 5) is 48.7. The molecule has 0 radical (unpaired) electrons. The van der Waals surface area contributed by atoms with Crippen LogP contribution in [0.25, 0.3) is 10.8 Å². The first-order valence-electron chi connectivity index (χ1n) is 8.33. The third-order valence-electron chi connectivity index (χ3n) is 3.94. The average Bonchev–Trinajstić information content (AvgIpc) is 2.66. The number of H-pyrrole nitrogens is 1. The van der Waals surface area contributed by atoms with E-state index < -0.39 is 35.6 Å². The molecule has 28 heavy (non-hydrogen) atoms. The number of anilines is 1. The Balaban J connectivity index is 1.69. The third-order valence-corrected chi connectivity index (χ3v) is 4.18. The molecule has 0 aliphatic carbocycles. The van der Waals surface area contributed by atoms with Crippen molar-refractivity contribution in [2.75, 3.05) is 5.32 Å². The number of benzene rings is 2. The smallest absolute Gasteiger partial charge is 0.328 e. The van der Waals surface area contributed by atoms with Crippen LogP contribution in [-0.2, 0) is 20.9 Å². The van der Waals surface area contributed by atoms with Crippen LogP contribution >= 0.6 is 11.6 Å². The lowest BCUT2D eigenvalue weighted by molar-refractivity contribution is -0.154. The molecule has 144 valence electrons. The molecule has 0 saturated carbocycles. The topological polar surface area (TPSA) is 110 Å². The Labute approximate surface area is 163 Å². The number of carbonyl (C=O) groups excluding carboxylic acids is 2. The van der Waals surface area contributed by atoms with Crippen molar-refractivity contribution in [3.8, 4) is 0 Å². The summed E-state index contributed by atoms with van der Waals surface area (Å²) >= 11 is 5.85. The lowest BCUT2D eigenvalue weighted by Crippen LogP contribution is -2.35. The molecule has 3 rings (SSSR count). The third kappa shape index (κ3) is 4.29. The number of nitrogens with zero attached hydrogens (tertiary/aromatic N) is 1. The van der Waals surface area contributed by atoms with Gasteiger partial charge in [-0.2, -0.15) is 0 Å². The van der Waals surface area contributed by atoms with Gasteiger partial charge in [-0.25, -0.2) is 4.68 Å². The highest BCUT2D eigenvalue weighted by Crippen LogP contribution is 2.15. The molecule has 1 heterocycles. The Morgan fingerprint density at radius 3 is 2.57 bits per heavy atom. The monoisotopic (exact) mass is 401 g/mol. The van der Waals surface area contributed by atoms with Crippen LogP contribution < -0.4 is 16.4 Å². The predicted octanol–water partition coefficient (Wildman–Crippen LogP) is 1.91. The van der Waals surface area contributed by atoms with E-state index in [0.29, 0.717) is 10.7 Å². The summed E-state index contributed by atoms with van der Waals surface area (Å²) in [7, 11) is 0. The second-order valence-corrected chi connectivity index (χ2v) is 6.45. The summed E-state index contributed by atoms with van der Waals surface area (Å²) in [5, 5.41) is 5.76. The van der Waals surface area contributed by atoms with Gasteiger partial charge < -0.3 is 10.1 Å². The predicted molar refractivity (Wildman–Crippen MR) is 104 cm³/mol. The van der Waals surface area contributed by atoms with Crippen molar-refractivity contribution in [2.45, 2.75) is 19.6 Å². The molecule has 1 unspecified atom stereocenters. The summed E-state index contributed by atoms with van der Waals surface area (Å²) in [6, 6.07) is 12.8. The molecule has 9 heteroatoms. The van der Waals surface area contributed by atoms with Gasteiger partial charge in [-0.3, -0.25) is 24.3 Å². The van der Waals surface area contributed by atoms with E-state index in [1.807, 2.05) is 0 Å². The number of carbonyl (C=O) groups is 2. The quantitative estimate of drug-likeness (QED) is 0.634. The minimum absolute atomic E-state index is 0.186. The lowest BCUT2D eigenvalue weighted by atomic mass is 10.2. The SMILES string of the molecule is CC(OC(=O)Cn1[nH]c(=O)c2ccccc2c1=O)C(=O)Nc1cccc(Cl)c1. The highest BCUT2D eigenvalue weighted by Gasteiger charge is 2.19. The fourth-order valence-electron chi connectivity index (χ4n) is 2.59. The van der Waals surface area contributed by atoms with Crippen LogP contribution in [0.4, 0.5) is 5.69 Å². The number of nitrogens with one attached hydrogen (secondary N) is 2. The zero-order valence-corrected chi connectivity index (χ0v) is 15.5. The Bertz CT molecular complexity index is 1170. The van der Waals surface area contributed by atoms with Gasteiger partial charge in [0.15, 0.2) is 6.10 Å². The molecule has 0 aliphatic heterocycles. The molecule has 0 fully saturated rings. The number of aromatic amines is 1. The van der Waals surface area contributed by atoms with E-state index in [9.17, 15) is 19.2 Å². The van der Waals surface area contributed by atoms with Gasteiger partial charge in [-0.05, 0) is 37.3 Å². The minimum atomic E-state index is -1.12. The number of fused-ring (bicyclic) bond motifs is 1. The molecule has 0 bridgehead atoms. The highest BCUT2D eigenvalue weighted by atomic mass is 35.5. The van der Waals surface area contributed by atoms with Crippen molar-refractivity contribution in [2.24, 2.45) is 0 Å². The molecule has 1 atom stereocenters. The van der Waals surface area contributed by atoms with Crippen molar-refractivity contribution >= 4 is 39.9 Å². The van der Waals surface area contributed by atoms with Crippen LogP contribution in [0.15, 0.2) is 58.1 Å². The van der Waals surface area contributed by atoms with Gasteiger partial charge >= 0.3 is 5.97 Å². The molecule has 1 aromatic heterocycles. The zero-order chi connectivity index (χ0) is 20.3. The Kier molecular flexibility index (Phi) is 5.60. The van der Waals surface area contributed by atoms with Gasteiger partial charge in [0.2, 0.25) is 0 Å². The van der Waals surface area contributed by atoms with Gasteiger partial charge in [-0.15, -0.1) is 0 Å². The van der Waals surface area contributed by atoms with Crippen molar-refractivity contribution in [3.63, 3.8) is 0 Å². The number of esters is 1. The van der Waals surface area contributed by atoms with E-state index in [1.165, 1.54) is 19.1 Å². The van der Waals surface area contributed by atoms with Crippen molar-refractivity contribution in [1.82, 2.24) is 9.78 Å². The number of hydrogen-bond acceptors (Lipinski definition) is 5. The van der Waals surface area contributed by atoms with Crippen molar-refractivity contribution in [3.05, 3.63) is 74.3 Å². The van der Waals surface area contributed by atoms with E-state index in [1.54, 1.807) is 36.4 Å². The van der Waals surface area contributed by atoms with E-state index in [2.05, 4.69) is 10.4 Å². The van der Waals surface area contributed by atoms with Crippen LogP contribution in [0.5, 0.6) is 0 Å². The van der Waals surface area contributed by atoms with Crippen molar-refractivity contribution in [1.29, 1.82) is 0 Å². The first kappa shape index (κ1) is 19.4. The summed E-state index contributed by atoms with van der Waals surface area (Å²) in [6.45, 7) is 0.859. The maximum Gasteiger partial charge on any atom is 0.328 e. The first-order chi connectivity index (χ1) is 13.3. The Morgan fingerprint density at radius 2 is 1.86 bits per heavy atom. The maximum atomic E-state index is 12.4. The molecule has 0 spiro atoms. The van der Waals surface area contributed by atoms with Crippen LogP contribution in [-0.4, -0.2) is 27.8 Å². The Hall–Kier alpha value is -3.39. The molecule has 0 saturated heterocycles. The van der Waals surface area contributed by atoms with E-state index in [-0.39, 0.29) is 10.8 Å². The number of amides is 1. The standard InChI is InChI=1S/C19H16ClN3O5/c1-11(17(25)21-13-6-4-5-12(20)9-13)28-16(24)10-23-19(27)15-8-3-2-7-14(15)18(26)22-23/h2-9,11H,10H2,1H3,(H,21,25)(H,22,26).